The highest BCUT2D eigenvalue weighted by atomic mass is 35.5. The van der Waals surface area contributed by atoms with Gasteiger partial charge in [0.15, 0.2) is 11.5 Å². The highest BCUT2D eigenvalue weighted by Gasteiger charge is 2.36. The molecule has 2 N–H and O–H groups in total. The van der Waals surface area contributed by atoms with Gasteiger partial charge >= 0.3 is 0 Å². The summed E-state index contributed by atoms with van der Waals surface area (Å²) in [6.07, 6.45) is 3.05. The Bertz CT molecular complexity index is 692. The Morgan fingerprint density at radius 2 is 1.75 bits per heavy atom. The number of para-hydroxylation sites is 1. The Morgan fingerprint density at radius 1 is 1.07 bits per heavy atom. The summed E-state index contributed by atoms with van der Waals surface area (Å²) in [5.41, 5.74) is 6.31. The number of methoxy groups -OCH3 is 2. The summed E-state index contributed by atoms with van der Waals surface area (Å²) in [7, 11) is 3.08. The maximum Gasteiger partial charge on any atom is 0.257 e. The van der Waals surface area contributed by atoms with Crippen LogP contribution in [0.4, 0.5) is 0 Å². The Labute approximate surface area is 172 Å². The van der Waals surface area contributed by atoms with Crippen LogP contribution in [0.15, 0.2) is 18.2 Å². The van der Waals surface area contributed by atoms with Gasteiger partial charge in [-0.25, -0.2) is 0 Å². The third-order valence-electron chi connectivity index (χ3n) is 5.79. The number of benzene rings is 1. The lowest BCUT2D eigenvalue weighted by atomic mass is 9.94. The van der Waals surface area contributed by atoms with Gasteiger partial charge in [0.05, 0.1) is 19.8 Å². The minimum Gasteiger partial charge on any atom is -0.493 e. The van der Waals surface area contributed by atoms with Crippen LogP contribution in [-0.2, 0) is 4.79 Å². The van der Waals surface area contributed by atoms with E-state index >= 15 is 0 Å². The number of hydrogen-bond donors (Lipinski definition) is 1. The third kappa shape index (κ3) is 4.36. The van der Waals surface area contributed by atoms with Gasteiger partial charge in [-0.2, -0.15) is 0 Å². The molecule has 1 aliphatic heterocycles. The lowest BCUT2D eigenvalue weighted by Crippen LogP contribution is -2.52. The van der Waals surface area contributed by atoms with Crippen molar-refractivity contribution < 1.29 is 19.1 Å². The van der Waals surface area contributed by atoms with Gasteiger partial charge in [-0.3, -0.25) is 9.59 Å². The van der Waals surface area contributed by atoms with Gasteiger partial charge in [-0.05, 0) is 37.4 Å². The Kier molecular flexibility index (Phi) is 7.95. The van der Waals surface area contributed by atoms with E-state index in [0.29, 0.717) is 55.7 Å². The van der Waals surface area contributed by atoms with Crippen LogP contribution in [0.2, 0.25) is 0 Å². The van der Waals surface area contributed by atoms with Crippen molar-refractivity contribution in [2.24, 2.45) is 17.6 Å². The molecular formula is C20H30ClN3O4. The first-order valence-electron chi connectivity index (χ1n) is 9.59. The highest BCUT2D eigenvalue weighted by Crippen LogP contribution is 2.33. The molecule has 2 aliphatic rings. The summed E-state index contributed by atoms with van der Waals surface area (Å²) in [4.78, 5) is 29.4. The fourth-order valence-corrected chi connectivity index (χ4v) is 4.23. The molecule has 1 saturated heterocycles. The minimum absolute atomic E-state index is 0. The first-order chi connectivity index (χ1) is 13.1. The van der Waals surface area contributed by atoms with Crippen LogP contribution in [0.5, 0.6) is 11.5 Å². The van der Waals surface area contributed by atoms with Crippen molar-refractivity contribution in [1.29, 1.82) is 0 Å². The summed E-state index contributed by atoms with van der Waals surface area (Å²) >= 11 is 0. The van der Waals surface area contributed by atoms with E-state index in [9.17, 15) is 9.59 Å². The van der Waals surface area contributed by atoms with Crippen molar-refractivity contribution in [2.45, 2.75) is 19.3 Å². The van der Waals surface area contributed by atoms with Gasteiger partial charge in [0.1, 0.15) is 0 Å². The molecule has 1 saturated carbocycles. The number of ether oxygens (including phenoxy) is 2. The number of nitrogens with zero attached hydrogens (tertiary/aromatic N) is 2. The predicted octanol–water partition coefficient (Wildman–Crippen LogP) is 1.78. The lowest BCUT2D eigenvalue weighted by molar-refractivity contribution is -0.138. The number of amides is 2. The maximum atomic E-state index is 12.9. The molecule has 1 heterocycles. The van der Waals surface area contributed by atoms with Gasteiger partial charge in [0, 0.05) is 32.1 Å². The Hall–Kier alpha value is -1.99. The molecule has 28 heavy (non-hydrogen) atoms. The molecule has 0 unspecified atom stereocenters. The number of carbonyl (C=O) groups excluding carboxylic acids is 2. The van der Waals surface area contributed by atoms with Gasteiger partial charge < -0.3 is 25.0 Å². The van der Waals surface area contributed by atoms with E-state index in [2.05, 4.69) is 0 Å². The number of rotatable bonds is 5. The van der Waals surface area contributed by atoms with Crippen molar-refractivity contribution in [3.63, 3.8) is 0 Å². The molecule has 8 heteroatoms. The molecule has 1 aromatic rings. The fraction of sp³-hybridized carbons (Fsp3) is 0.600. The zero-order valence-corrected chi connectivity index (χ0v) is 17.4. The molecule has 7 nitrogen and oxygen atoms in total. The number of carbonyl (C=O) groups is 2. The van der Waals surface area contributed by atoms with Crippen molar-refractivity contribution in [3.8, 4) is 11.5 Å². The molecule has 3 rings (SSSR count). The van der Waals surface area contributed by atoms with Crippen LogP contribution in [-0.4, -0.2) is 68.6 Å². The summed E-state index contributed by atoms with van der Waals surface area (Å²) in [5, 5.41) is 0. The monoisotopic (exact) mass is 411 g/mol. The predicted molar refractivity (Wildman–Crippen MR) is 109 cm³/mol. The standard InChI is InChI=1S/C20H29N3O4.ClH/c1-26-17-8-4-7-16(18(17)27-2)20(25)23-11-9-22(10-12-23)19(24)15-6-3-5-14(15)13-21;/h4,7-8,14-15H,3,5-6,9-13,21H2,1-2H3;1H/t14-,15-;/m1./s1. The van der Waals surface area contributed by atoms with E-state index in [1.54, 1.807) is 30.2 Å². The van der Waals surface area contributed by atoms with E-state index in [-0.39, 0.29) is 30.1 Å². The van der Waals surface area contributed by atoms with Gasteiger partial charge in [0.2, 0.25) is 5.91 Å². The summed E-state index contributed by atoms with van der Waals surface area (Å²) in [6, 6.07) is 5.29. The number of piperazine rings is 1. The number of halogens is 1. The van der Waals surface area contributed by atoms with Crippen LogP contribution in [0.1, 0.15) is 29.6 Å². The Balaban J connectivity index is 0.00000280. The van der Waals surface area contributed by atoms with Crippen LogP contribution in [0.3, 0.4) is 0 Å². The third-order valence-corrected chi connectivity index (χ3v) is 5.79. The average molecular weight is 412 g/mol. The van der Waals surface area contributed by atoms with Crippen LogP contribution >= 0.6 is 12.4 Å². The smallest absolute Gasteiger partial charge is 0.257 e. The molecule has 156 valence electrons. The zero-order valence-electron chi connectivity index (χ0n) is 16.6. The topological polar surface area (TPSA) is 85.1 Å². The molecule has 0 spiro atoms. The molecule has 0 radical (unpaired) electrons. The molecular weight excluding hydrogens is 382 g/mol. The van der Waals surface area contributed by atoms with Crippen molar-refractivity contribution in [1.82, 2.24) is 9.80 Å². The second kappa shape index (κ2) is 9.98. The minimum atomic E-state index is -0.0986. The molecule has 0 aromatic heterocycles. The molecule has 2 atom stereocenters. The molecule has 2 fully saturated rings. The highest BCUT2D eigenvalue weighted by molar-refractivity contribution is 5.98. The second-order valence-corrected chi connectivity index (χ2v) is 7.19. The van der Waals surface area contributed by atoms with Gasteiger partial charge in [-0.1, -0.05) is 12.5 Å². The number of nitrogens with two attached hydrogens (primary N) is 1. The summed E-state index contributed by atoms with van der Waals surface area (Å²) in [6.45, 7) is 2.73. The summed E-state index contributed by atoms with van der Waals surface area (Å²) < 4.78 is 10.7. The first-order valence-corrected chi connectivity index (χ1v) is 9.59. The fourth-order valence-electron chi connectivity index (χ4n) is 4.23. The van der Waals surface area contributed by atoms with E-state index in [4.69, 9.17) is 15.2 Å². The molecule has 0 bridgehead atoms. The molecule has 1 aromatic carbocycles. The quantitative estimate of drug-likeness (QED) is 0.798. The van der Waals surface area contributed by atoms with E-state index in [0.717, 1.165) is 19.3 Å². The van der Waals surface area contributed by atoms with Gasteiger partial charge in [-0.15, -0.1) is 12.4 Å². The summed E-state index contributed by atoms with van der Waals surface area (Å²) in [5.74, 6) is 1.44. The van der Waals surface area contributed by atoms with E-state index < -0.39 is 0 Å². The van der Waals surface area contributed by atoms with Crippen LogP contribution in [0.25, 0.3) is 0 Å². The van der Waals surface area contributed by atoms with Gasteiger partial charge in [0.25, 0.3) is 5.91 Å². The number of hydrogen-bond acceptors (Lipinski definition) is 5. The lowest BCUT2D eigenvalue weighted by Gasteiger charge is -2.37. The molecule has 1 aliphatic carbocycles. The second-order valence-electron chi connectivity index (χ2n) is 7.19. The van der Waals surface area contributed by atoms with Crippen molar-refractivity contribution in [3.05, 3.63) is 23.8 Å². The van der Waals surface area contributed by atoms with Crippen LogP contribution < -0.4 is 15.2 Å². The first kappa shape index (κ1) is 22.3. The zero-order chi connectivity index (χ0) is 19.4. The average Bonchev–Trinajstić information content (AvgIpc) is 3.21. The Morgan fingerprint density at radius 3 is 2.36 bits per heavy atom. The van der Waals surface area contributed by atoms with Crippen molar-refractivity contribution >= 4 is 24.2 Å². The largest absolute Gasteiger partial charge is 0.493 e. The SMILES string of the molecule is COc1cccc(C(=O)N2CCN(C(=O)[C@@H]3CCC[C@@H]3CN)CC2)c1OC.Cl. The normalized spacial score (nSPS) is 21.8. The van der Waals surface area contributed by atoms with Crippen LogP contribution in [0, 0.1) is 11.8 Å². The molecule has 2 amide bonds. The van der Waals surface area contributed by atoms with E-state index in [1.165, 1.54) is 7.11 Å². The maximum absolute atomic E-state index is 12.9. The van der Waals surface area contributed by atoms with E-state index in [1.807, 2.05) is 4.90 Å². The van der Waals surface area contributed by atoms with Crippen molar-refractivity contribution in [2.75, 3.05) is 46.9 Å².